The number of carboxylic acid groups (broad SMARTS) is 1. The Kier molecular flexibility index (Phi) is 10.2. The third kappa shape index (κ3) is 8.61. The van der Waals surface area contributed by atoms with Crippen LogP contribution in [0, 0.1) is 6.92 Å². The fraction of sp³-hybridized carbons (Fsp3) is 0.250. The van der Waals surface area contributed by atoms with Gasteiger partial charge in [-0.2, -0.15) is 0 Å². The summed E-state index contributed by atoms with van der Waals surface area (Å²) in [6.07, 6.45) is 1.32. The summed E-state index contributed by atoms with van der Waals surface area (Å²) in [6, 6.07) is 21.8. The molecule has 4 N–H and O–H groups in total. The summed E-state index contributed by atoms with van der Waals surface area (Å²) < 4.78 is 11.6. The number of halogens is 1. The first kappa shape index (κ1) is 27.1. The minimum absolute atomic E-state index is 0.0155. The van der Waals surface area contributed by atoms with E-state index in [1.165, 1.54) is 12.1 Å². The number of aryl methyl sites for hydroxylation is 1. The van der Waals surface area contributed by atoms with Gasteiger partial charge in [0.2, 0.25) is 0 Å². The molecule has 0 saturated carbocycles. The van der Waals surface area contributed by atoms with Crippen LogP contribution >= 0.6 is 11.6 Å². The molecule has 0 amide bonds. The van der Waals surface area contributed by atoms with Crippen molar-refractivity contribution in [2.75, 3.05) is 19.7 Å². The highest BCUT2D eigenvalue weighted by Crippen LogP contribution is 2.26. The molecule has 2 unspecified atom stereocenters. The first-order valence-electron chi connectivity index (χ1n) is 11.6. The number of aromatic amines is 1. The monoisotopic (exact) mass is 510 g/mol. The van der Waals surface area contributed by atoms with E-state index in [1.807, 2.05) is 62.5 Å². The van der Waals surface area contributed by atoms with Gasteiger partial charge < -0.3 is 30.0 Å². The smallest absolute Gasteiger partial charge is 0.335 e. The van der Waals surface area contributed by atoms with Crippen LogP contribution in [0.4, 0.5) is 0 Å². The van der Waals surface area contributed by atoms with Gasteiger partial charge in [0.05, 0.1) is 5.56 Å². The number of aliphatic hydroxyl groups is 1. The third-order valence-corrected chi connectivity index (χ3v) is 5.44. The molecule has 36 heavy (non-hydrogen) atoms. The highest BCUT2D eigenvalue weighted by Gasteiger charge is 2.10. The van der Waals surface area contributed by atoms with Gasteiger partial charge in [0.1, 0.15) is 30.3 Å². The molecule has 7 nitrogen and oxygen atoms in total. The largest absolute Gasteiger partial charge is 0.490 e. The maximum Gasteiger partial charge on any atom is 0.335 e. The summed E-state index contributed by atoms with van der Waals surface area (Å²) in [4.78, 5) is 13.5. The number of fused-ring (bicyclic) bond motifs is 1. The number of aromatic nitrogens is 1. The Labute approximate surface area is 215 Å². The fourth-order valence-electron chi connectivity index (χ4n) is 3.45. The maximum atomic E-state index is 10.3. The predicted octanol–water partition coefficient (Wildman–Crippen LogP) is 5.31. The van der Waals surface area contributed by atoms with Crippen LogP contribution in [-0.2, 0) is 0 Å². The van der Waals surface area contributed by atoms with Crippen LogP contribution in [0.25, 0.3) is 10.9 Å². The van der Waals surface area contributed by atoms with Crippen LogP contribution in [0.3, 0.4) is 0 Å². The second-order valence-electron chi connectivity index (χ2n) is 8.38. The van der Waals surface area contributed by atoms with Crippen LogP contribution in [-0.4, -0.2) is 53.1 Å². The number of nitrogens with one attached hydrogen (secondary N) is 2. The number of carboxylic acids is 1. The second-order valence-corrected chi connectivity index (χ2v) is 8.82. The standard InChI is InChI=1S/C21H26N2O3.C7H5ClO2/c1-15-10-20-19(8-9-23-20)21(11-15)25-14-17(24)13-22-12-16(2)26-18-6-4-3-5-7-18;8-6-3-1-5(2-4-6)7(9)10/h3-11,16-17,22-24H,12-14H2,1-2H3;1-4H,(H,9,10). The molecule has 0 fully saturated rings. The van der Waals surface area contributed by atoms with Crippen molar-refractivity contribution in [3.05, 3.63) is 95.1 Å². The highest BCUT2D eigenvalue weighted by molar-refractivity contribution is 6.30. The lowest BCUT2D eigenvalue weighted by Gasteiger charge is -2.18. The summed E-state index contributed by atoms with van der Waals surface area (Å²) in [5.74, 6) is 0.707. The molecule has 3 aromatic carbocycles. The molecule has 0 saturated heterocycles. The minimum Gasteiger partial charge on any atom is -0.490 e. The van der Waals surface area contributed by atoms with E-state index in [-0.39, 0.29) is 18.3 Å². The van der Waals surface area contributed by atoms with Crippen LogP contribution in [0.2, 0.25) is 5.02 Å². The number of benzene rings is 3. The van der Waals surface area contributed by atoms with Crippen molar-refractivity contribution >= 4 is 28.5 Å². The number of aromatic carboxylic acids is 1. The highest BCUT2D eigenvalue weighted by atomic mass is 35.5. The molecule has 2 atom stereocenters. The quantitative estimate of drug-likeness (QED) is 0.230. The number of ether oxygens (including phenoxy) is 2. The summed E-state index contributed by atoms with van der Waals surface area (Å²) in [5, 5.41) is 23.4. The number of carbonyl (C=O) groups is 1. The molecule has 0 bridgehead atoms. The lowest BCUT2D eigenvalue weighted by atomic mass is 10.1. The Balaban J connectivity index is 0.000000303. The number of hydrogen-bond donors (Lipinski definition) is 4. The summed E-state index contributed by atoms with van der Waals surface area (Å²) in [5.41, 5.74) is 2.42. The molecule has 4 aromatic rings. The zero-order valence-electron chi connectivity index (χ0n) is 20.3. The molecular weight excluding hydrogens is 480 g/mol. The van der Waals surface area contributed by atoms with Gasteiger partial charge in [-0.05, 0) is 74.0 Å². The fourth-order valence-corrected chi connectivity index (χ4v) is 3.58. The second kappa shape index (κ2) is 13.5. The van der Waals surface area contributed by atoms with Crippen LogP contribution in [0.15, 0.2) is 79.0 Å². The van der Waals surface area contributed by atoms with E-state index in [0.717, 1.165) is 28.0 Å². The maximum absolute atomic E-state index is 10.3. The van der Waals surface area contributed by atoms with E-state index < -0.39 is 12.1 Å². The number of hydrogen-bond acceptors (Lipinski definition) is 5. The van der Waals surface area contributed by atoms with Gasteiger partial charge in [0, 0.05) is 35.2 Å². The van der Waals surface area contributed by atoms with Gasteiger partial charge in [-0.1, -0.05) is 29.8 Å². The van der Waals surface area contributed by atoms with E-state index in [2.05, 4.69) is 16.4 Å². The SMILES string of the molecule is Cc1cc(OCC(O)CNCC(C)Oc2ccccc2)c2cc[nH]c2c1.O=C(O)c1ccc(Cl)cc1. The third-order valence-electron chi connectivity index (χ3n) is 5.19. The molecular formula is C28H31ClN2O5. The molecule has 0 aliphatic heterocycles. The lowest BCUT2D eigenvalue weighted by molar-refractivity contribution is 0.0697. The Morgan fingerprint density at radius 1 is 1.06 bits per heavy atom. The van der Waals surface area contributed by atoms with Crippen molar-refractivity contribution in [3.8, 4) is 11.5 Å². The Morgan fingerprint density at radius 2 is 1.78 bits per heavy atom. The molecule has 0 aliphatic rings. The zero-order chi connectivity index (χ0) is 25.9. The number of H-pyrrole nitrogens is 1. The lowest BCUT2D eigenvalue weighted by Crippen LogP contribution is -2.36. The Morgan fingerprint density at radius 3 is 2.47 bits per heavy atom. The van der Waals surface area contributed by atoms with E-state index >= 15 is 0 Å². The van der Waals surface area contributed by atoms with E-state index in [9.17, 15) is 9.90 Å². The average molecular weight is 511 g/mol. The molecule has 1 aromatic heterocycles. The van der Waals surface area contributed by atoms with Crippen molar-refractivity contribution in [2.45, 2.75) is 26.1 Å². The average Bonchev–Trinajstić information content (AvgIpc) is 3.32. The van der Waals surface area contributed by atoms with E-state index in [0.29, 0.717) is 18.1 Å². The van der Waals surface area contributed by atoms with Gasteiger partial charge in [-0.3, -0.25) is 0 Å². The first-order chi connectivity index (χ1) is 17.3. The summed E-state index contributed by atoms with van der Waals surface area (Å²) in [7, 11) is 0. The topological polar surface area (TPSA) is 104 Å². The normalized spacial score (nSPS) is 12.3. The Hall–Kier alpha value is -3.52. The van der Waals surface area contributed by atoms with Crippen LogP contribution in [0.5, 0.6) is 11.5 Å². The van der Waals surface area contributed by atoms with Gasteiger partial charge >= 0.3 is 5.97 Å². The van der Waals surface area contributed by atoms with Gasteiger partial charge in [0.25, 0.3) is 0 Å². The number of rotatable bonds is 10. The van der Waals surface area contributed by atoms with Crippen molar-refractivity contribution in [2.24, 2.45) is 0 Å². The summed E-state index contributed by atoms with van der Waals surface area (Å²) >= 11 is 5.52. The number of para-hydroxylation sites is 1. The minimum atomic E-state index is -0.934. The zero-order valence-corrected chi connectivity index (χ0v) is 21.0. The molecule has 0 radical (unpaired) electrons. The molecule has 0 spiro atoms. The van der Waals surface area contributed by atoms with Crippen molar-refractivity contribution in [1.29, 1.82) is 0 Å². The van der Waals surface area contributed by atoms with Gasteiger partial charge in [-0.25, -0.2) is 4.79 Å². The number of aliphatic hydroxyl groups excluding tert-OH is 1. The first-order valence-corrected chi connectivity index (χ1v) is 12.0. The van der Waals surface area contributed by atoms with Crippen molar-refractivity contribution in [3.63, 3.8) is 0 Å². The van der Waals surface area contributed by atoms with Crippen LogP contribution in [0.1, 0.15) is 22.8 Å². The van der Waals surface area contributed by atoms with Crippen molar-refractivity contribution < 1.29 is 24.5 Å². The van der Waals surface area contributed by atoms with Crippen LogP contribution < -0.4 is 14.8 Å². The van der Waals surface area contributed by atoms with E-state index in [1.54, 1.807) is 12.1 Å². The molecule has 1 heterocycles. The van der Waals surface area contributed by atoms with E-state index in [4.69, 9.17) is 26.2 Å². The van der Waals surface area contributed by atoms with Gasteiger partial charge in [-0.15, -0.1) is 0 Å². The molecule has 0 aliphatic carbocycles. The molecule has 8 heteroatoms. The predicted molar refractivity (Wildman–Crippen MR) is 142 cm³/mol. The van der Waals surface area contributed by atoms with Gasteiger partial charge in [0.15, 0.2) is 0 Å². The molecule has 4 rings (SSSR count). The Bertz CT molecular complexity index is 1230. The van der Waals surface area contributed by atoms with Crippen molar-refractivity contribution in [1.82, 2.24) is 10.3 Å². The summed E-state index contributed by atoms with van der Waals surface area (Å²) in [6.45, 7) is 5.37. The molecule has 190 valence electrons.